The molecule has 0 saturated carbocycles. The molecule has 0 unspecified atom stereocenters. The normalized spacial score (nSPS) is 15.6. The van der Waals surface area contributed by atoms with Gasteiger partial charge in [0.25, 0.3) is 5.79 Å². The molecule has 28 heavy (non-hydrogen) atoms. The van der Waals surface area contributed by atoms with Gasteiger partial charge in [-0.1, -0.05) is 25.6 Å². The molecule has 1 aliphatic rings. The Morgan fingerprint density at radius 2 is 1.68 bits per heavy atom. The van der Waals surface area contributed by atoms with Crippen LogP contribution in [0.5, 0.6) is 11.5 Å². The lowest BCUT2D eigenvalue weighted by Crippen LogP contribution is -2.42. The Kier molecular flexibility index (Phi) is 6.09. The van der Waals surface area contributed by atoms with E-state index in [1.807, 2.05) is 0 Å². The third-order valence-electron chi connectivity index (χ3n) is 3.55. The van der Waals surface area contributed by atoms with E-state index in [0.717, 1.165) is 5.56 Å². The van der Waals surface area contributed by atoms with Gasteiger partial charge in [0.1, 0.15) is 8.07 Å². The van der Waals surface area contributed by atoms with Crippen LogP contribution in [0.15, 0.2) is 23.9 Å². The molecule has 1 heterocycles. The van der Waals surface area contributed by atoms with E-state index in [4.69, 9.17) is 18.9 Å². The molecule has 0 bridgehead atoms. The summed E-state index contributed by atoms with van der Waals surface area (Å²) >= 11 is 0. The number of anilines is 1. The molecule has 0 spiro atoms. The quantitative estimate of drug-likeness (QED) is 0.272. The molecule has 1 N–H and O–H groups in total. The maximum Gasteiger partial charge on any atom is 0.350 e. The lowest BCUT2D eigenvalue weighted by molar-refractivity contribution is -0.222. The fourth-order valence-corrected chi connectivity index (χ4v) is 2.85. The molecule has 0 radical (unpaired) electrons. The monoisotopic (exact) mass is 403 g/mol. The molecule has 1 fully saturated rings. The zero-order valence-corrected chi connectivity index (χ0v) is 18.2. The van der Waals surface area contributed by atoms with Crippen LogP contribution in [0.2, 0.25) is 19.6 Å². The fraction of sp³-hybridized carbons (Fsp3) is 0.400. The highest BCUT2D eigenvalue weighted by Gasteiger charge is 2.39. The van der Waals surface area contributed by atoms with Crippen molar-refractivity contribution in [3.05, 3.63) is 29.5 Å². The molecular formula is C20H25NO6Si. The lowest BCUT2D eigenvalue weighted by Gasteiger charge is -2.29. The minimum absolute atomic E-state index is 0.251. The van der Waals surface area contributed by atoms with E-state index < -0.39 is 25.8 Å². The van der Waals surface area contributed by atoms with Gasteiger partial charge in [0.15, 0.2) is 17.1 Å². The number of cyclic esters (lactones) is 2. The van der Waals surface area contributed by atoms with Crippen LogP contribution < -0.4 is 14.8 Å². The molecular weight excluding hydrogens is 378 g/mol. The number of carbonyl (C=O) groups excluding carboxylic acids is 2. The smallest absolute Gasteiger partial charge is 0.350 e. The van der Waals surface area contributed by atoms with E-state index >= 15 is 0 Å². The summed E-state index contributed by atoms with van der Waals surface area (Å²) in [5.74, 6) is 1.20. The molecule has 0 aromatic heterocycles. The van der Waals surface area contributed by atoms with Crippen molar-refractivity contribution >= 4 is 25.7 Å². The SMILES string of the molecule is COc1cc(C#C[Si](C)(C)C)cc(NC=C2C(=O)OC(C)(C)OC2=O)c1OC. The number of rotatable bonds is 4. The Labute approximate surface area is 166 Å². The predicted octanol–water partition coefficient (Wildman–Crippen LogP) is 3.06. The first kappa shape index (κ1) is 21.4. The van der Waals surface area contributed by atoms with Gasteiger partial charge in [-0.3, -0.25) is 0 Å². The van der Waals surface area contributed by atoms with E-state index in [-0.39, 0.29) is 5.57 Å². The number of carbonyl (C=O) groups is 2. The first-order chi connectivity index (χ1) is 13.0. The van der Waals surface area contributed by atoms with Crippen molar-refractivity contribution in [2.24, 2.45) is 0 Å². The number of benzene rings is 1. The predicted molar refractivity (Wildman–Crippen MR) is 108 cm³/mol. The molecule has 0 atom stereocenters. The zero-order valence-electron chi connectivity index (χ0n) is 17.2. The van der Waals surface area contributed by atoms with Crippen LogP contribution in [-0.2, 0) is 19.1 Å². The van der Waals surface area contributed by atoms with Crippen LogP contribution in [0.4, 0.5) is 5.69 Å². The standard InChI is InChI=1S/C20H25NO6Si/c1-20(2)26-18(22)14(19(23)27-20)12-21-15-10-13(8-9-28(5,6)7)11-16(24-3)17(15)25-4/h10-12,21H,1-7H3. The second-order valence-electron chi connectivity index (χ2n) is 7.64. The van der Waals surface area contributed by atoms with Crippen LogP contribution >= 0.6 is 0 Å². The Morgan fingerprint density at radius 3 is 2.18 bits per heavy atom. The van der Waals surface area contributed by atoms with E-state index in [2.05, 4.69) is 36.4 Å². The zero-order chi connectivity index (χ0) is 21.1. The van der Waals surface area contributed by atoms with Gasteiger partial charge in [0, 0.05) is 25.6 Å². The number of ether oxygens (including phenoxy) is 4. The molecule has 0 amide bonds. The van der Waals surface area contributed by atoms with Gasteiger partial charge in [-0.15, -0.1) is 5.54 Å². The minimum Gasteiger partial charge on any atom is -0.493 e. The summed E-state index contributed by atoms with van der Waals surface area (Å²) in [5.41, 5.74) is 4.24. The number of nitrogens with one attached hydrogen (secondary N) is 1. The van der Waals surface area contributed by atoms with Gasteiger partial charge in [-0.05, 0) is 12.1 Å². The van der Waals surface area contributed by atoms with Crippen molar-refractivity contribution in [2.75, 3.05) is 19.5 Å². The maximum absolute atomic E-state index is 12.1. The number of hydrogen-bond acceptors (Lipinski definition) is 7. The van der Waals surface area contributed by atoms with Crippen LogP contribution in [0, 0.1) is 11.5 Å². The molecule has 1 aliphatic heterocycles. The summed E-state index contributed by atoms with van der Waals surface area (Å²) in [4.78, 5) is 24.2. The second-order valence-corrected chi connectivity index (χ2v) is 12.4. The molecule has 0 aliphatic carbocycles. The first-order valence-corrected chi connectivity index (χ1v) is 12.2. The van der Waals surface area contributed by atoms with Crippen molar-refractivity contribution in [3.8, 4) is 23.0 Å². The molecule has 1 aromatic carbocycles. The maximum atomic E-state index is 12.1. The van der Waals surface area contributed by atoms with Gasteiger partial charge >= 0.3 is 11.9 Å². The summed E-state index contributed by atoms with van der Waals surface area (Å²) in [6.45, 7) is 9.41. The number of esters is 2. The van der Waals surface area contributed by atoms with Crippen LogP contribution in [0.3, 0.4) is 0 Å². The Hall–Kier alpha value is -2.92. The number of hydrogen-bond donors (Lipinski definition) is 1. The minimum atomic E-state index is -1.57. The highest BCUT2D eigenvalue weighted by molar-refractivity contribution is 6.83. The number of methoxy groups -OCH3 is 2. The molecule has 8 heteroatoms. The molecule has 1 saturated heterocycles. The third kappa shape index (κ3) is 5.30. The van der Waals surface area contributed by atoms with Crippen molar-refractivity contribution < 1.29 is 28.5 Å². The summed E-state index contributed by atoms with van der Waals surface area (Å²) < 4.78 is 21.0. The lowest BCUT2D eigenvalue weighted by atomic mass is 10.1. The van der Waals surface area contributed by atoms with Crippen LogP contribution in [0.1, 0.15) is 19.4 Å². The highest BCUT2D eigenvalue weighted by atomic mass is 28.3. The first-order valence-electron chi connectivity index (χ1n) is 8.68. The molecule has 1 aromatic rings. The van der Waals surface area contributed by atoms with Crippen LogP contribution in [-0.4, -0.2) is 40.0 Å². The molecule has 7 nitrogen and oxygen atoms in total. The second kappa shape index (κ2) is 7.98. The van der Waals surface area contributed by atoms with Gasteiger partial charge in [0.2, 0.25) is 0 Å². The Morgan fingerprint density at radius 1 is 1.07 bits per heavy atom. The van der Waals surface area contributed by atoms with Gasteiger partial charge < -0.3 is 24.3 Å². The van der Waals surface area contributed by atoms with E-state index in [1.165, 1.54) is 34.3 Å². The Bertz CT molecular complexity index is 864. The summed E-state index contributed by atoms with van der Waals surface area (Å²) in [5, 5.41) is 2.91. The largest absolute Gasteiger partial charge is 0.493 e. The van der Waals surface area contributed by atoms with E-state index in [1.54, 1.807) is 12.1 Å². The third-order valence-corrected chi connectivity index (χ3v) is 4.42. The summed E-state index contributed by atoms with van der Waals surface area (Å²) in [7, 11) is 1.44. The summed E-state index contributed by atoms with van der Waals surface area (Å²) in [6, 6.07) is 3.53. The van der Waals surface area contributed by atoms with Crippen molar-refractivity contribution in [1.29, 1.82) is 0 Å². The van der Waals surface area contributed by atoms with Crippen molar-refractivity contribution in [2.45, 2.75) is 39.3 Å². The van der Waals surface area contributed by atoms with E-state index in [0.29, 0.717) is 17.2 Å². The van der Waals surface area contributed by atoms with Gasteiger partial charge in [0.05, 0.1) is 19.9 Å². The Balaban J connectivity index is 2.42. The summed E-state index contributed by atoms with van der Waals surface area (Å²) in [6.07, 6.45) is 1.23. The van der Waals surface area contributed by atoms with Crippen LogP contribution in [0.25, 0.3) is 0 Å². The average molecular weight is 404 g/mol. The van der Waals surface area contributed by atoms with Crippen molar-refractivity contribution in [3.63, 3.8) is 0 Å². The highest BCUT2D eigenvalue weighted by Crippen LogP contribution is 2.37. The van der Waals surface area contributed by atoms with Gasteiger partial charge in [-0.2, -0.15) is 0 Å². The fourth-order valence-electron chi connectivity index (χ4n) is 2.33. The van der Waals surface area contributed by atoms with Crippen molar-refractivity contribution in [1.82, 2.24) is 0 Å². The topological polar surface area (TPSA) is 83.1 Å². The van der Waals surface area contributed by atoms with Gasteiger partial charge in [-0.25, -0.2) is 9.59 Å². The van der Waals surface area contributed by atoms with E-state index in [9.17, 15) is 9.59 Å². The molecule has 150 valence electrons. The average Bonchev–Trinajstić information content (AvgIpc) is 2.56. The molecule has 2 rings (SSSR count).